The van der Waals surface area contributed by atoms with E-state index in [2.05, 4.69) is 38.3 Å². The molecule has 1 aliphatic rings. The van der Waals surface area contributed by atoms with Crippen molar-refractivity contribution in [2.75, 3.05) is 11.4 Å². The van der Waals surface area contributed by atoms with Crippen molar-refractivity contribution in [3.8, 4) is 0 Å². The molecule has 100 valence electrons. The largest absolute Gasteiger partial charge is 0.389 e. The molecule has 3 rings (SSSR count). The Balaban J connectivity index is 1.88. The fourth-order valence-corrected chi connectivity index (χ4v) is 4.03. The first-order valence-electron chi connectivity index (χ1n) is 6.43. The predicted molar refractivity (Wildman–Crippen MR) is 83.8 cm³/mol. The Bertz CT molecular complexity index is 594. The summed E-state index contributed by atoms with van der Waals surface area (Å²) in [6.07, 6.45) is 0.701. The van der Waals surface area contributed by atoms with Gasteiger partial charge in [0.2, 0.25) is 0 Å². The van der Waals surface area contributed by atoms with Gasteiger partial charge in [0.1, 0.15) is 0 Å². The van der Waals surface area contributed by atoms with Crippen LogP contribution in [0.5, 0.6) is 0 Å². The minimum atomic E-state index is -0.421. The third-order valence-corrected chi connectivity index (χ3v) is 5.26. The lowest BCUT2D eigenvalue weighted by atomic mass is 10.1. The summed E-state index contributed by atoms with van der Waals surface area (Å²) in [6.45, 7) is 3.82. The highest BCUT2D eigenvalue weighted by Crippen LogP contribution is 2.33. The molecule has 1 aromatic heterocycles. The summed E-state index contributed by atoms with van der Waals surface area (Å²) in [7, 11) is 0. The normalized spacial score (nSPS) is 16.3. The number of hydrogen-bond acceptors (Lipinski definition) is 3. The molecule has 0 fully saturated rings. The summed E-state index contributed by atoms with van der Waals surface area (Å²) in [5.74, 6) is 0. The third-order valence-electron chi connectivity index (χ3n) is 3.60. The van der Waals surface area contributed by atoms with Crippen LogP contribution in [0.4, 0.5) is 5.69 Å². The van der Waals surface area contributed by atoms with Crippen LogP contribution in [0.15, 0.2) is 34.1 Å². The molecule has 0 aliphatic carbocycles. The number of aliphatic hydroxyl groups is 1. The molecular weight excluding hydrogens is 322 g/mol. The highest BCUT2D eigenvalue weighted by Gasteiger charge is 2.19. The molecule has 0 radical (unpaired) electrons. The second-order valence-electron chi connectivity index (χ2n) is 4.93. The number of thiophene rings is 1. The molecule has 0 spiro atoms. The van der Waals surface area contributed by atoms with Crippen molar-refractivity contribution in [3.05, 3.63) is 50.1 Å². The summed E-state index contributed by atoms with van der Waals surface area (Å²) in [6, 6.07) is 8.35. The Hall–Kier alpha value is -0.840. The molecule has 2 heterocycles. The van der Waals surface area contributed by atoms with Gasteiger partial charge in [-0.1, -0.05) is 6.07 Å². The number of halogens is 1. The fourth-order valence-electron chi connectivity index (χ4n) is 2.49. The average Bonchev–Trinajstić information content (AvgIpc) is 2.85. The number of hydrogen-bond donors (Lipinski definition) is 1. The maximum absolute atomic E-state index is 9.62. The lowest BCUT2D eigenvalue weighted by Crippen LogP contribution is -2.29. The minimum absolute atomic E-state index is 0.421. The molecule has 1 aliphatic heterocycles. The average molecular weight is 338 g/mol. The Labute approximate surface area is 125 Å². The number of benzene rings is 1. The molecular formula is C15H16BrNOS. The second-order valence-corrected chi connectivity index (χ2v) is 6.78. The summed E-state index contributed by atoms with van der Waals surface area (Å²) < 4.78 is 1.06. The van der Waals surface area contributed by atoms with Gasteiger partial charge in [-0.25, -0.2) is 0 Å². The van der Waals surface area contributed by atoms with Crippen molar-refractivity contribution >= 4 is 33.0 Å². The zero-order chi connectivity index (χ0) is 13.4. The van der Waals surface area contributed by atoms with E-state index < -0.39 is 6.10 Å². The van der Waals surface area contributed by atoms with Gasteiger partial charge >= 0.3 is 0 Å². The molecule has 2 nitrogen and oxygen atoms in total. The monoisotopic (exact) mass is 337 g/mol. The second kappa shape index (κ2) is 5.27. The van der Waals surface area contributed by atoms with E-state index in [4.69, 9.17) is 0 Å². The van der Waals surface area contributed by atoms with Crippen LogP contribution < -0.4 is 4.90 Å². The van der Waals surface area contributed by atoms with E-state index in [1.54, 1.807) is 6.92 Å². The van der Waals surface area contributed by atoms with Gasteiger partial charge in [0, 0.05) is 22.4 Å². The summed E-state index contributed by atoms with van der Waals surface area (Å²) >= 11 is 5.49. The minimum Gasteiger partial charge on any atom is -0.389 e. The molecule has 0 unspecified atom stereocenters. The number of nitrogens with zero attached hydrogens (tertiary/aromatic N) is 1. The topological polar surface area (TPSA) is 23.5 Å². The van der Waals surface area contributed by atoms with E-state index in [1.165, 1.54) is 16.1 Å². The van der Waals surface area contributed by atoms with Crippen LogP contribution >= 0.6 is 27.3 Å². The highest BCUT2D eigenvalue weighted by molar-refractivity contribution is 9.10. The molecule has 0 amide bonds. The van der Waals surface area contributed by atoms with E-state index in [1.807, 2.05) is 23.5 Å². The summed E-state index contributed by atoms with van der Waals surface area (Å²) in [5, 5.41) is 11.8. The first-order valence-corrected chi connectivity index (χ1v) is 8.10. The lowest BCUT2D eigenvalue weighted by molar-refractivity contribution is 0.199. The first-order chi connectivity index (χ1) is 9.15. The molecule has 19 heavy (non-hydrogen) atoms. The van der Waals surface area contributed by atoms with Gasteiger partial charge in [0.25, 0.3) is 0 Å². The standard InChI is InChI=1S/C15H16BrNOS/c1-10(18)11-2-3-14(13(16)8-11)17-6-4-15-12(9-17)5-7-19-15/h2-3,5,7-8,10,18H,4,6,9H2,1H3/t10-/m0/s1. The van der Waals surface area contributed by atoms with Crippen LogP contribution in [0.3, 0.4) is 0 Å². The smallest absolute Gasteiger partial charge is 0.0762 e. The Morgan fingerprint density at radius 3 is 2.95 bits per heavy atom. The molecule has 4 heteroatoms. The Kier molecular flexibility index (Phi) is 3.65. The van der Waals surface area contributed by atoms with Crippen LogP contribution in [0.1, 0.15) is 29.0 Å². The molecule has 0 saturated heterocycles. The lowest BCUT2D eigenvalue weighted by Gasteiger charge is -2.30. The molecule has 0 bridgehead atoms. The van der Waals surface area contributed by atoms with E-state index in [0.717, 1.165) is 29.5 Å². The van der Waals surface area contributed by atoms with E-state index in [-0.39, 0.29) is 0 Å². The van der Waals surface area contributed by atoms with Crippen molar-refractivity contribution in [2.24, 2.45) is 0 Å². The zero-order valence-corrected chi connectivity index (χ0v) is 13.2. The maximum Gasteiger partial charge on any atom is 0.0762 e. The number of fused-ring (bicyclic) bond motifs is 1. The summed E-state index contributed by atoms with van der Waals surface area (Å²) in [5.41, 5.74) is 3.60. The van der Waals surface area contributed by atoms with Crippen molar-refractivity contribution in [3.63, 3.8) is 0 Å². The van der Waals surface area contributed by atoms with Gasteiger partial charge in [-0.05, 0) is 64.0 Å². The Morgan fingerprint density at radius 2 is 2.21 bits per heavy atom. The molecule has 2 aromatic rings. The van der Waals surface area contributed by atoms with Crippen LogP contribution in [0.2, 0.25) is 0 Å². The zero-order valence-electron chi connectivity index (χ0n) is 10.8. The number of anilines is 1. The summed E-state index contributed by atoms with van der Waals surface area (Å²) in [4.78, 5) is 3.92. The predicted octanol–water partition coefficient (Wildman–Crippen LogP) is 4.13. The quantitative estimate of drug-likeness (QED) is 0.890. The van der Waals surface area contributed by atoms with Gasteiger partial charge in [-0.15, -0.1) is 11.3 Å². The van der Waals surface area contributed by atoms with Crippen molar-refractivity contribution in [2.45, 2.75) is 26.0 Å². The number of aliphatic hydroxyl groups excluding tert-OH is 1. The molecule has 1 N–H and O–H groups in total. The van der Waals surface area contributed by atoms with Gasteiger partial charge in [0.05, 0.1) is 11.8 Å². The molecule has 1 aromatic carbocycles. The molecule has 0 saturated carbocycles. The van der Waals surface area contributed by atoms with E-state index in [9.17, 15) is 5.11 Å². The van der Waals surface area contributed by atoms with Crippen LogP contribution in [0.25, 0.3) is 0 Å². The highest BCUT2D eigenvalue weighted by atomic mass is 79.9. The fraction of sp³-hybridized carbons (Fsp3) is 0.333. The van der Waals surface area contributed by atoms with E-state index >= 15 is 0 Å². The van der Waals surface area contributed by atoms with Gasteiger partial charge in [-0.2, -0.15) is 0 Å². The maximum atomic E-state index is 9.62. The third kappa shape index (κ3) is 2.57. The van der Waals surface area contributed by atoms with Crippen LogP contribution in [-0.4, -0.2) is 11.7 Å². The van der Waals surface area contributed by atoms with Gasteiger partial charge in [0.15, 0.2) is 0 Å². The van der Waals surface area contributed by atoms with Gasteiger partial charge in [-0.3, -0.25) is 0 Å². The van der Waals surface area contributed by atoms with Crippen LogP contribution in [-0.2, 0) is 13.0 Å². The first kappa shape index (κ1) is 13.2. The SMILES string of the molecule is C[C@H](O)c1ccc(N2CCc3sccc3C2)c(Br)c1. The van der Waals surface area contributed by atoms with E-state index in [0.29, 0.717) is 0 Å². The van der Waals surface area contributed by atoms with Crippen molar-refractivity contribution in [1.29, 1.82) is 0 Å². The number of rotatable bonds is 2. The van der Waals surface area contributed by atoms with Crippen molar-refractivity contribution in [1.82, 2.24) is 0 Å². The Morgan fingerprint density at radius 1 is 1.37 bits per heavy atom. The molecule has 1 atom stereocenters. The van der Waals surface area contributed by atoms with Crippen molar-refractivity contribution < 1.29 is 5.11 Å². The van der Waals surface area contributed by atoms with Crippen LogP contribution in [0, 0.1) is 0 Å². The van der Waals surface area contributed by atoms with Gasteiger partial charge < -0.3 is 10.0 Å².